The lowest BCUT2D eigenvalue weighted by atomic mass is 10.1. The van der Waals surface area contributed by atoms with Gasteiger partial charge in [0, 0.05) is 62.2 Å². The van der Waals surface area contributed by atoms with Crippen LogP contribution in [0.25, 0.3) is 0 Å². The highest BCUT2D eigenvalue weighted by atomic mass is 16.5. The maximum atomic E-state index is 9.99. The van der Waals surface area contributed by atoms with E-state index in [4.69, 9.17) is 9.72 Å². The highest BCUT2D eigenvalue weighted by Crippen LogP contribution is 2.32. The molecule has 37 heavy (non-hydrogen) atoms. The average Bonchev–Trinajstić information content (AvgIpc) is 2.94. The first-order chi connectivity index (χ1) is 18.0. The number of hydrogen-bond acceptors (Lipinski definition) is 9. The predicted molar refractivity (Wildman–Crippen MR) is 147 cm³/mol. The van der Waals surface area contributed by atoms with Crippen LogP contribution in [0.15, 0.2) is 48.7 Å². The van der Waals surface area contributed by atoms with E-state index in [1.54, 1.807) is 6.20 Å². The Morgan fingerprint density at radius 1 is 1.00 bits per heavy atom. The summed E-state index contributed by atoms with van der Waals surface area (Å²) in [5.41, 5.74) is 6.13. The number of nitrogens with zero attached hydrogens (tertiary/aromatic N) is 5. The minimum absolute atomic E-state index is 0.00447. The van der Waals surface area contributed by atoms with Crippen molar-refractivity contribution in [2.45, 2.75) is 32.5 Å². The Bertz CT molecular complexity index is 1210. The maximum Gasteiger partial charge on any atom is 0.229 e. The third kappa shape index (κ3) is 5.95. The number of hydrogen-bond donors (Lipinski definition) is 3. The van der Waals surface area contributed by atoms with Crippen molar-refractivity contribution in [2.24, 2.45) is 0 Å². The normalized spacial score (nSPS) is 16.6. The Balaban J connectivity index is 1.42. The van der Waals surface area contributed by atoms with E-state index in [1.807, 2.05) is 43.1 Å². The van der Waals surface area contributed by atoms with Crippen LogP contribution in [0, 0.1) is 6.92 Å². The van der Waals surface area contributed by atoms with Gasteiger partial charge in [0.1, 0.15) is 5.82 Å². The van der Waals surface area contributed by atoms with E-state index in [2.05, 4.69) is 38.3 Å². The van der Waals surface area contributed by atoms with E-state index < -0.39 is 0 Å². The number of benzene rings is 2. The molecule has 2 aliphatic rings. The number of aliphatic hydroxyl groups excluding tert-OH is 2. The van der Waals surface area contributed by atoms with Gasteiger partial charge in [0.15, 0.2) is 0 Å². The molecular weight excluding hydrogens is 468 g/mol. The number of aryl methyl sites for hydroxylation is 1. The lowest BCUT2D eigenvalue weighted by Crippen LogP contribution is -2.37. The first-order valence-electron chi connectivity index (χ1n) is 12.9. The molecule has 0 spiro atoms. The smallest absolute Gasteiger partial charge is 0.229 e. The fraction of sp³-hybridized carbons (Fsp3) is 0.429. The van der Waals surface area contributed by atoms with Gasteiger partial charge >= 0.3 is 0 Å². The SMILES string of the molecule is Cc1ccc(CO)cc1N(C)c1ccnc(Nc2cc(N3CCOCC3)cc(N3CCC(O)CC3)c2)n1. The van der Waals surface area contributed by atoms with Gasteiger partial charge in [0.2, 0.25) is 5.95 Å². The molecule has 9 heteroatoms. The summed E-state index contributed by atoms with van der Waals surface area (Å²) in [6, 6.07) is 14.3. The zero-order valence-electron chi connectivity index (χ0n) is 21.6. The summed E-state index contributed by atoms with van der Waals surface area (Å²) < 4.78 is 5.57. The molecule has 0 radical (unpaired) electrons. The van der Waals surface area contributed by atoms with Crippen LogP contribution in [-0.2, 0) is 11.3 Å². The number of anilines is 6. The molecule has 1 aromatic heterocycles. The zero-order chi connectivity index (χ0) is 25.8. The van der Waals surface area contributed by atoms with E-state index in [0.29, 0.717) is 5.95 Å². The Labute approximate surface area is 218 Å². The van der Waals surface area contributed by atoms with Gasteiger partial charge in [-0.05, 0) is 61.2 Å². The molecule has 0 amide bonds. The van der Waals surface area contributed by atoms with Crippen LogP contribution in [0.3, 0.4) is 0 Å². The van der Waals surface area contributed by atoms with Gasteiger partial charge in [-0.3, -0.25) is 0 Å². The van der Waals surface area contributed by atoms with E-state index in [9.17, 15) is 10.2 Å². The fourth-order valence-electron chi connectivity index (χ4n) is 4.94. The topological polar surface area (TPSA) is 97.2 Å². The van der Waals surface area contributed by atoms with Crippen molar-refractivity contribution in [3.8, 4) is 0 Å². The lowest BCUT2D eigenvalue weighted by Gasteiger charge is -2.34. The summed E-state index contributed by atoms with van der Waals surface area (Å²) in [6.45, 7) is 6.84. The minimum atomic E-state index is -0.217. The Kier molecular flexibility index (Phi) is 7.73. The first kappa shape index (κ1) is 25.3. The zero-order valence-corrected chi connectivity index (χ0v) is 21.6. The number of aromatic nitrogens is 2. The average molecular weight is 505 g/mol. The highest BCUT2D eigenvalue weighted by Gasteiger charge is 2.20. The van der Waals surface area contributed by atoms with Crippen LogP contribution in [0.1, 0.15) is 24.0 Å². The molecule has 9 nitrogen and oxygen atoms in total. The molecule has 2 saturated heterocycles. The molecule has 3 N–H and O–H groups in total. The lowest BCUT2D eigenvalue weighted by molar-refractivity contribution is 0.122. The molecule has 5 rings (SSSR count). The number of nitrogens with one attached hydrogen (secondary N) is 1. The molecule has 2 aromatic carbocycles. The standard InChI is InChI=1S/C28H36N6O3/c1-20-3-4-21(19-35)15-26(20)32(2)27-5-8-29-28(31-27)30-22-16-23(33-9-6-25(36)7-10-33)18-24(17-22)34-11-13-37-14-12-34/h3-5,8,15-18,25,35-36H,6-7,9-14,19H2,1-2H3,(H,29,30,31). The monoisotopic (exact) mass is 504 g/mol. The minimum Gasteiger partial charge on any atom is -0.393 e. The van der Waals surface area contributed by atoms with Crippen molar-refractivity contribution >= 4 is 34.5 Å². The number of aliphatic hydroxyl groups is 2. The van der Waals surface area contributed by atoms with Crippen LogP contribution in [0.2, 0.25) is 0 Å². The summed E-state index contributed by atoms with van der Waals surface area (Å²) in [7, 11) is 1.97. The van der Waals surface area contributed by atoms with Crippen LogP contribution in [0.4, 0.5) is 34.5 Å². The first-order valence-corrected chi connectivity index (χ1v) is 12.9. The number of morpholine rings is 1. The summed E-state index contributed by atoms with van der Waals surface area (Å²) >= 11 is 0. The van der Waals surface area contributed by atoms with E-state index in [-0.39, 0.29) is 12.7 Å². The number of ether oxygens (including phenoxy) is 1. The summed E-state index contributed by atoms with van der Waals surface area (Å²) in [4.78, 5) is 16.0. The van der Waals surface area contributed by atoms with Crippen molar-refractivity contribution in [2.75, 3.05) is 66.5 Å². The molecule has 196 valence electrons. The molecule has 0 atom stereocenters. The Hall–Kier alpha value is -3.40. The van der Waals surface area contributed by atoms with E-state index >= 15 is 0 Å². The third-order valence-corrected chi connectivity index (χ3v) is 7.17. The molecule has 3 aromatic rings. The summed E-state index contributed by atoms with van der Waals surface area (Å²) in [5, 5.41) is 23.0. The Morgan fingerprint density at radius 3 is 2.41 bits per heavy atom. The molecule has 3 heterocycles. The van der Waals surface area contributed by atoms with Gasteiger partial charge in [0.05, 0.1) is 25.9 Å². The van der Waals surface area contributed by atoms with Crippen molar-refractivity contribution in [3.05, 3.63) is 59.8 Å². The number of piperidine rings is 1. The van der Waals surface area contributed by atoms with Crippen molar-refractivity contribution in [1.29, 1.82) is 0 Å². The van der Waals surface area contributed by atoms with Crippen LogP contribution in [-0.4, -0.2) is 72.7 Å². The van der Waals surface area contributed by atoms with Crippen LogP contribution < -0.4 is 20.0 Å². The molecule has 0 unspecified atom stereocenters. The van der Waals surface area contributed by atoms with Crippen molar-refractivity contribution in [3.63, 3.8) is 0 Å². The predicted octanol–water partition coefficient (Wildman–Crippen LogP) is 3.59. The summed E-state index contributed by atoms with van der Waals surface area (Å²) in [6.07, 6.45) is 3.09. The van der Waals surface area contributed by atoms with Gasteiger partial charge in [-0.1, -0.05) is 12.1 Å². The quantitative estimate of drug-likeness (QED) is 0.446. The van der Waals surface area contributed by atoms with Crippen LogP contribution in [0.5, 0.6) is 0 Å². The van der Waals surface area contributed by atoms with E-state index in [1.165, 1.54) is 0 Å². The molecule has 0 bridgehead atoms. The van der Waals surface area contributed by atoms with E-state index in [0.717, 1.165) is 91.9 Å². The number of rotatable bonds is 7. The van der Waals surface area contributed by atoms with Gasteiger partial charge in [-0.2, -0.15) is 4.98 Å². The second kappa shape index (κ2) is 11.3. The van der Waals surface area contributed by atoms with Gasteiger partial charge in [-0.15, -0.1) is 0 Å². The van der Waals surface area contributed by atoms with Crippen molar-refractivity contribution in [1.82, 2.24) is 9.97 Å². The molecule has 0 aliphatic carbocycles. The molecule has 2 fully saturated rings. The largest absolute Gasteiger partial charge is 0.393 e. The van der Waals surface area contributed by atoms with Crippen LogP contribution >= 0.6 is 0 Å². The highest BCUT2D eigenvalue weighted by molar-refractivity contribution is 5.72. The summed E-state index contributed by atoms with van der Waals surface area (Å²) in [5.74, 6) is 1.27. The molecule has 0 saturated carbocycles. The third-order valence-electron chi connectivity index (χ3n) is 7.17. The van der Waals surface area contributed by atoms with Gasteiger partial charge < -0.3 is 35.0 Å². The maximum absolute atomic E-state index is 9.99. The fourth-order valence-corrected chi connectivity index (χ4v) is 4.94. The van der Waals surface area contributed by atoms with Gasteiger partial charge in [0.25, 0.3) is 0 Å². The molecule has 2 aliphatic heterocycles. The second-order valence-electron chi connectivity index (χ2n) is 9.76. The second-order valence-corrected chi connectivity index (χ2v) is 9.76. The van der Waals surface area contributed by atoms with Crippen molar-refractivity contribution < 1.29 is 14.9 Å². The van der Waals surface area contributed by atoms with Gasteiger partial charge in [-0.25, -0.2) is 4.98 Å². The Morgan fingerprint density at radius 2 is 1.70 bits per heavy atom. The molecular formula is C28H36N6O3.